The summed E-state index contributed by atoms with van der Waals surface area (Å²) in [6.45, 7) is 4.23. The molecule has 0 spiro atoms. The largest absolute Gasteiger partial charge is 0.377 e. The van der Waals surface area contributed by atoms with Crippen molar-refractivity contribution in [2.45, 2.75) is 33.2 Å². The van der Waals surface area contributed by atoms with Gasteiger partial charge in [-0.05, 0) is 0 Å². The maximum Gasteiger partial charge on any atom is 0.0701 e. The average Bonchev–Trinajstić information content (AvgIpc) is 2.50. The molecule has 0 amide bonds. The Hall–Kier alpha value is 0.177. The zero-order chi connectivity index (χ0) is 6.24. The summed E-state index contributed by atoms with van der Waals surface area (Å²) >= 11 is 0. The predicted octanol–water partition coefficient (Wildman–Crippen LogP) is 1.22. The van der Waals surface area contributed by atoms with Gasteiger partial charge in [0.15, 0.2) is 0 Å². The Morgan fingerprint density at radius 1 is 1.44 bits per heavy atom. The van der Waals surface area contributed by atoms with Crippen LogP contribution in [0.5, 0.6) is 0 Å². The molecule has 1 nitrogen and oxygen atoms in total. The van der Waals surface area contributed by atoms with Gasteiger partial charge < -0.3 is 4.74 Å². The van der Waals surface area contributed by atoms with E-state index >= 15 is 0 Å². The van der Waals surface area contributed by atoms with Crippen LogP contribution >= 0.6 is 0 Å². The lowest BCUT2D eigenvalue weighted by Crippen LogP contribution is -1.63. The van der Waals surface area contributed by atoms with E-state index in [1.54, 1.807) is 0 Å². The Bertz CT molecular complexity index is 33.1. The first kappa shape index (κ1) is 11.9. The molecular weight excluding hydrogens is 128 g/mol. The smallest absolute Gasteiger partial charge is 0.0701 e. The third kappa shape index (κ3) is 30.9. The van der Waals surface area contributed by atoms with Crippen LogP contribution in [-0.4, -0.2) is 23.5 Å². The van der Waals surface area contributed by atoms with Crippen molar-refractivity contribution in [2.24, 2.45) is 0 Å². The van der Waals surface area contributed by atoms with Crippen LogP contribution in [0.2, 0.25) is 6.04 Å². The molecule has 0 aliphatic carbocycles. The highest BCUT2D eigenvalue weighted by atomic mass is 28.1. The summed E-state index contributed by atoms with van der Waals surface area (Å²) in [5.74, 6) is 0. The minimum atomic E-state index is 0. The second-order valence-electron chi connectivity index (χ2n) is 1.97. The fraction of sp³-hybridized carbons (Fsp3) is 1.00. The van der Waals surface area contributed by atoms with Crippen molar-refractivity contribution in [3.05, 3.63) is 0 Å². The molecule has 1 aliphatic heterocycles. The van der Waals surface area contributed by atoms with E-state index < -0.39 is 0 Å². The van der Waals surface area contributed by atoms with Gasteiger partial charge in [0, 0.05) is 10.2 Å². The van der Waals surface area contributed by atoms with Crippen molar-refractivity contribution in [3.63, 3.8) is 0 Å². The maximum absolute atomic E-state index is 4.50. The first-order valence-electron chi connectivity index (χ1n) is 3.49. The van der Waals surface area contributed by atoms with Crippen molar-refractivity contribution < 1.29 is 4.74 Å². The Kier molecular flexibility index (Phi) is 14.6. The highest BCUT2D eigenvalue weighted by molar-refractivity contribution is 6.08. The monoisotopic (exact) mass is 148 g/mol. The molecule has 1 saturated heterocycles. The molecule has 0 aromatic carbocycles. The minimum Gasteiger partial charge on any atom is -0.377 e. The third-order valence-electron chi connectivity index (χ3n) is 0.911. The first-order valence-corrected chi connectivity index (χ1v) is 4.91. The number of rotatable bonds is 2. The lowest BCUT2D eigenvalue weighted by Gasteiger charge is -1.79. The van der Waals surface area contributed by atoms with Gasteiger partial charge in [-0.1, -0.05) is 33.2 Å². The standard InChI is InChI=1S/C4H12Si.C2H4O.CH4/c1-2-3-4-5;1-2-3-1;/h2-4H2,1,5H3;1-2H2;1H4. The first-order chi connectivity index (χ1) is 3.91. The van der Waals surface area contributed by atoms with Gasteiger partial charge in [-0.25, -0.2) is 0 Å². The molecule has 0 aromatic rings. The second-order valence-corrected chi connectivity index (χ2v) is 2.97. The van der Waals surface area contributed by atoms with Crippen molar-refractivity contribution in [3.8, 4) is 0 Å². The van der Waals surface area contributed by atoms with Crippen LogP contribution in [0.1, 0.15) is 27.2 Å². The van der Waals surface area contributed by atoms with Crippen LogP contribution in [-0.2, 0) is 4.74 Å². The van der Waals surface area contributed by atoms with E-state index in [-0.39, 0.29) is 7.43 Å². The van der Waals surface area contributed by atoms with Gasteiger partial charge in [0.05, 0.1) is 13.2 Å². The third-order valence-corrected chi connectivity index (χ3v) is 1.62. The number of hydrogen-bond donors (Lipinski definition) is 0. The SMILES string of the molecule is C.C1CO1.CCCC[SiH3]. The van der Waals surface area contributed by atoms with Gasteiger partial charge in [0.25, 0.3) is 0 Å². The van der Waals surface area contributed by atoms with E-state index in [1.807, 2.05) is 0 Å². The lowest BCUT2D eigenvalue weighted by molar-refractivity contribution is 0.475. The Morgan fingerprint density at radius 3 is 1.89 bits per heavy atom. The molecule has 0 aromatic heterocycles. The van der Waals surface area contributed by atoms with Crippen molar-refractivity contribution in [1.82, 2.24) is 0 Å². The van der Waals surface area contributed by atoms with Crippen molar-refractivity contribution in [1.29, 1.82) is 0 Å². The molecule has 1 heterocycles. The fourth-order valence-corrected chi connectivity index (χ4v) is 1.06. The Labute approximate surface area is 62.2 Å². The molecule has 1 aliphatic rings. The molecule has 9 heavy (non-hydrogen) atoms. The van der Waals surface area contributed by atoms with Gasteiger partial charge in [-0.3, -0.25) is 0 Å². The number of ether oxygens (including phenoxy) is 1. The van der Waals surface area contributed by atoms with Gasteiger partial charge in [-0.15, -0.1) is 0 Å². The minimum absolute atomic E-state index is 0. The van der Waals surface area contributed by atoms with Gasteiger partial charge in [0.1, 0.15) is 0 Å². The summed E-state index contributed by atoms with van der Waals surface area (Å²) < 4.78 is 4.50. The molecule has 0 unspecified atom stereocenters. The summed E-state index contributed by atoms with van der Waals surface area (Å²) in [4.78, 5) is 0. The Morgan fingerprint density at radius 2 is 1.89 bits per heavy atom. The van der Waals surface area contributed by atoms with Crippen LogP contribution in [0.15, 0.2) is 0 Å². The molecular formula is C7H20OSi. The highest BCUT2D eigenvalue weighted by Crippen LogP contribution is 1.86. The predicted molar refractivity (Wildman–Crippen MR) is 47.2 cm³/mol. The van der Waals surface area contributed by atoms with E-state index in [0.717, 1.165) is 13.2 Å². The average molecular weight is 148 g/mol. The summed E-state index contributed by atoms with van der Waals surface area (Å²) in [6.07, 6.45) is 2.83. The maximum atomic E-state index is 4.50. The summed E-state index contributed by atoms with van der Waals surface area (Å²) in [5.41, 5.74) is 0. The van der Waals surface area contributed by atoms with Crippen molar-refractivity contribution >= 4 is 10.2 Å². The summed E-state index contributed by atoms with van der Waals surface area (Å²) in [7, 11) is 1.40. The lowest BCUT2D eigenvalue weighted by atomic mass is 10.4. The topological polar surface area (TPSA) is 12.5 Å². The molecule has 0 bridgehead atoms. The number of unbranched alkanes of at least 4 members (excludes halogenated alkanes) is 1. The number of hydrogen-bond acceptors (Lipinski definition) is 1. The summed E-state index contributed by atoms with van der Waals surface area (Å²) in [5, 5.41) is 0. The van der Waals surface area contributed by atoms with Gasteiger partial charge in [0.2, 0.25) is 0 Å². The van der Waals surface area contributed by atoms with Crippen LogP contribution in [0, 0.1) is 0 Å². The van der Waals surface area contributed by atoms with Gasteiger partial charge in [-0.2, -0.15) is 0 Å². The van der Waals surface area contributed by atoms with Crippen molar-refractivity contribution in [2.75, 3.05) is 13.2 Å². The fourth-order valence-electron chi connectivity index (χ4n) is 0.354. The quantitative estimate of drug-likeness (QED) is 0.424. The molecule has 0 N–H and O–H groups in total. The van der Waals surface area contributed by atoms with Crippen LogP contribution in [0.3, 0.4) is 0 Å². The number of epoxide rings is 1. The molecule has 0 saturated carbocycles. The van der Waals surface area contributed by atoms with Crippen LogP contribution in [0.4, 0.5) is 0 Å². The Balaban J connectivity index is 0. The molecule has 0 radical (unpaired) electrons. The molecule has 2 heteroatoms. The highest BCUT2D eigenvalue weighted by Gasteiger charge is 1.94. The molecule has 1 rings (SSSR count). The van der Waals surface area contributed by atoms with E-state index in [1.165, 1.54) is 29.1 Å². The van der Waals surface area contributed by atoms with Gasteiger partial charge >= 0.3 is 0 Å². The van der Waals surface area contributed by atoms with Crippen LogP contribution in [0.25, 0.3) is 0 Å². The molecule has 0 atom stereocenters. The van der Waals surface area contributed by atoms with E-state index in [4.69, 9.17) is 0 Å². The second kappa shape index (κ2) is 11.0. The zero-order valence-electron chi connectivity index (χ0n) is 5.94. The molecule has 58 valence electrons. The van der Waals surface area contributed by atoms with Crippen LogP contribution < -0.4 is 0 Å². The van der Waals surface area contributed by atoms with E-state index in [9.17, 15) is 0 Å². The normalized spacial score (nSPS) is 13.0. The molecule has 1 fully saturated rings. The summed E-state index contributed by atoms with van der Waals surface area (Å²) in [6, 6.07) is 1.48. The van der Waals surface area contributed by atoms with E-state index in [0.29, 0.717) is 0 Å². The zero-order valence-corrected chi connectivity index (χ0v) is 7.94. The van der Waals surface area contributed by atoms with E-state index in [2.05, 4.69) is 11.7 Å².